The molecule has 0 aliphatic heterocycles. The molecule has 0 saturated carbocycles. The summed E-state index contributed by atoms with van der Waals surface area (Å²) in [6.45, 7) is 5.60. The Kier molecular flexibility index (Phi) is 11.2. The molecule has 45 heavy (non-hydrogen) atoms. The summed E-state index contributed by atoms with van der Waals surface area (Å²) in [5.41, 5.74) is 1.03. The molecule has 0 fully saturated rings. The van der Waals surface area contributed by atoms with E-state index in [1.165, 1.54) is 17.0 Å². The van der Waals surface area contributed by atoms with E-state index in [0.717, 1.165) is 9.87 Å². The Morgan fingerprint density at radius 1 is 0.756 bits per heavy atom. The van der Waals surface area contributed by atoms with E-state index in [2.05, 4.69) is 5.32 Å². The maximum atomic E-state index is 14.1. The molecule has 0 bridgehead atoms. The van der Waals surface area contributed by atoms with Crippen LogP contribution in [0.4, 0.5) is 5.69 Å². The number of carbonyl (C=O) groups is 2. The van der Waals surface area contributed by atoms with Gasteiger partial charge < -0.3 is 19.7 Å². The molecule has 0 aromatic heterocycles. The molecule has 2 amide bonds. The topological polar surface area (TPSA) is 105 Å². The van der Waals surface area contributed by atoms with Gasteiger partial charge in [0.05, 0.1) is 17.7 Å². The quantitative estimate of drug-likeness (QED) is 0.187. The number of carbonyl (C=O) groups excluding carboxylic acids is 2. The second-order valence-corrected chi connectivity index (χ2v) is 12.8. The second kappa shape index (κ2) is 15.3. The van der Waals surface area contributed by atoms with E-state index in [9.17, 15) is 18.0 Å². The minimum Gasteiger partial charge on any atom is -0.497 e. The van der Waals surface area contributed by atoms with Crippen molar-refractivity contribution < 1.29 is 27.5 Å². The summed E-state index contributed by atoms with van der Waals surface area (Å²) in [6, 6.07) is 29.9. The zero-order valence-corrected chi connectivity index (χ0v) is 26.7. The lowest BCUT2D eigenvalue weighted by atomic mass is 10.1. The van der Waals surface area contributed by atoms with Gasteiger partial charge in [-0.3, -0.25) is 13.9 Å². The van der Waals surface area contributed by atoms with Gasteiger partial charge in [-0.05, 0) is 79.1 Å². The first-order chi connectivity index (χ1) is 21.6. The van der Waals surface area contributed by atoms with E-state index in [1.54, 1.807) is 68.6 Å². The largest absolute Gasteiger partial charge is 0.497 e. The van der Waals surface area contributed by atoms with Crippen LogP contribution in [-0.4, -0.2) is 51.4 Å². The molecular weight excluding hydrogens is 590 g/mol. The number of benzene rings is 4. The van der Waals surface area contributed by atoms with Gasteiger partial charge in [0.15, 0.2) is 0 Å². The first kappa shape index (κ1) is 33.1. The minimum atomic E-state index is -4.18. The van der Waals surface area contributed by atoms with Crippen molar-refractivity contribution in [1.82, 2.24) is 10.2 Å². The highest BCUT2D eigenvalue weighted by Gasteiger charge is 2.32. The summed E-state index contributed by atoms with van der Waals surface area (Å²) in [4.78, 5) is 28.7. The average Bonchev–Trinajstić information content (AvgIpc) is 3.06. The van der Waals surface area contributed by atoms with E-state index < -0.39 is 28.5 Å². The highest BCUT2D eigenvalue weighted by molar-refractivity contribution is 7.92. The first-order valence-corrected chi connectivity index (χ1v) is 16.1. The number of ether oxygens (including phenoxy) is 2. The summed E-state index contributed by atoms with van der Waals surface area (Å²) in [6.07, 6.45) is 0. The third-order valence-corrected chi connectivity index (χ3v) is 8.87. The van der Waals surface area contributed by atoms with Crippen LogP contribution >= 0.6 is 0 Å². The molecule has 0 heterocycles. The van der Waals surface area contributed by atoms with Crippen LogP contribution in [0.15, 0.2) is 114 Å². The monoisotopic (exact) mass is 629 g/mol. The van der Waals surface area contributed by atoms with Gasteiger partial charge in [0.1, 0.15) is 29.8 Å². The van der Waals surface area contributed by atoms with Crippen molar-refractivity contribution in [3.8, 4) is 17.2 Å². The standard InChI is InChI=1S/C35H39N3O6S/c1-26(2)23-36-35(40)27(3)37(24-28-15-19-30(43-4)20-16-28)34(39)25-38(45(41,42)33-13-9-6-10-14-33)29-17-21-32(22-18-29)44-31-11-7-5-8-12-31/h5-22,26-27H,23-25H2,1-4H3,(H,36,40)/t27-/m0/s1. The molecule has 0 aliphatic carbocycles. The van der Waals surface area contributed by atoms with E-state index in [1.807, 2.05) is 56.3 Å². The van der Waals surface area contributed by atoms with E-state index in [-0.39, 0.29) is 29.0 Å². The second-order valence-electron chi connectivity index (χ2n) is 10.9. The number of rotatable bonds is 14. The molecule has 0 saturated heterocycles. The molecule has 1 N–H and O–H groups in total. The number of hydrogen-bond donors (Lipinski definition) is 1. The fourth-order valence-corrected chi connectivity index (χ4v) is 5.95. The third-order valence-electron chi connectivity index (χ3n) is 7.08. The van der Waals surface area contributed by atoms with Gasteiger partial charge >= 0.3 is 0 Å². The summed E-state index contributed by atoms with van der Waals surface area (Å²) in [5, 5.41) is 2.89. The van der Waals surface area contributed by atoms with Crippen molar-refractivity contribution in [2.24, 2.45) is 5.92 Å². The van der Waals surface area contributed by atoms with Crippen molar-refractivity contribution in [3.63, 3.8) is 0 Å². The molecule has 1 atom stereocenters. The van der Waals surface area contributed by atoms with Crippen molar-refractivity contribution >= 4 is 27.5 Å². The normalized spacial score (nSPS) is 11.8. The van der Waals surface area contributed by atoms with Crippen LogP contribution in [0.5, 0.6) is 17.2 Å². The summed E-state index contributed by atoms with van der Waals surface area (Å²) < 4.78 is 40.2. The summed E-state index contributed by atoms with van der Waals surface area (Å²) in [5.74, 6) is 1.14. The molecule has 0 spiro atoms. The maximum Gasteiger partial charge on any atom is 0.264 e. The molecule has 0 aliphatic rings. The van der Waals surface area contributed by atoms with Crippen LogP contribution in [-0.2, 0) is 26.2 Å². The summed E-state index contributed by atoms with van der Waals surface area (Å²) in [7, 11) is -2.61. The zero-order chi connectivity index (χ0) is 32.4. The molecule has 9 nitrogen and oxygen atoms in total. The predicted octanol–water partition coefficient (Wildman–Crippen LogP) is 5.87. The Morgan fingerprint density at radius 3 is 1.89 bits per heavy atom. The number of sulfonamides is 1. The summed E-state index contributed by atoms with van der Waals surface area (Å²) >= 11 is 0. The molecule has 0 radical (unpaired) electrons. The van der Waals surface area contributed by atoms with Crippen molar-refractivity contribution in [1.29, 1.82) is 0 Å². The maximum absolute atomic E-state index is 14.1. The molecule has 0 unspecified atom stereocenters. The van der Waals surface area contributed by atoms with Crippen LogP contribution in [0.3, 0.4) is 0 Å². The number of para-hydroxylation sites is 1. The SMILES string of the molecule is COc1ccc(CN(C(=O)CN(c2ccc(Oc3ccccc3)cc2)S(=O)(=O)c2ccccc2)[C@@H](C)C(=O)NCC(C)C)cc1. The number of methoxy groups -OCH3 is 1. The van der Waals surface area contributed by atoms with E-state index >= 15 is 0 Å². The number of nitrogens with one attached hydrogen (secondary N) is 1. The van der Waals surface area contributed by atoms with Gasteiger partial charge in [-0.2, -0.15) is 0 Å². The Balaban J connectivity index is 1.67. The van der Waals surface area contributed by atoms with Crippen molar-refractivity contribution in [2.45, 2.75) is 38.3 Å². The number of anilines is 1. The van der Waals surface area contributed by atoms with E-state index in [4.69, 9.17) is 9.47 Å². The van der Waals surface area contributed by atoms with E-state index in [0.29, 0.717) is 23.8 Å². The number of nitrogens with zero attached hydrogens (tertiary/aromatic N) is 2. The molecule has 10 heteroatoms. The third kappa shape index (κ3) is 8.86. The van der Waals surface area contributed by atoms with Crippen LogP contribution < -0.4 is 19.1 Å². The molecule has 4 aromatic carbocycles. The van der Waals surface area contributed by atoms with Gasteiger partial charge in [0.2, 0.25) is 11.8 Å². The average molecular weight is 630 g/mol. The van der Waals surface area contributed by atoms with Crippen LogP contribution in [0.25, 0.3) is 0 Å². The fraction of sp³-hybridized carbons (Fsp3) is 0.257. The lowest BCUT2D eigenvalue weighted by molar-refractivity contribution is -0.139. The Hall–Kier alpha value is -4.83. The predicted molar refractivity (Wildman–Crippen MR) is 175 cm³/mol. The van der Waals surface area contributed by atoms with Crippen LogP contribution in [0.2, 0.25) is 0 Å². The zero-order valence-electron chi connectivity index (χ0n) is 25.9. The first-order valence-electron chi connectivity index (χ1n) is 14.7. The lowest BCUT2D eigenvalue weighted by Crippen LogP contribution is -2.51. The molecule has 4 rings (SSSR count). The van der Waals surface area contributed by atoms with Crippen molar-refractivity contribution in [3.05, 3.63) is 115 Å². The number of hydrogen-bond acceptors (Lipinski definition) is 6. The highest BCUT2D eigenvalue weighted by Crippen LogP contribution is 2.28. The van der Waals surface area contributed by atoms with Gasteiger partial charge in [0.25, 0.3) is 10.0 Å². The Morgan fingerprint density at radius 2 is 1.31 bits per heavy atom. The van der Waals surface area contributed by atoms with Crippen molar-refractivity contribution in [2.75, 3.05) is 24.5 Å². The molecule has 4 aromatic rings. The molecular formula is C35H39N3O6S. The van der Waals surface area contributed by atoms with Crippen LogP contribution in [0.1, 0.15) is 26.3 Å². The highest BCUT2D eigenvalue weighted by atomic mass is 32.2. The van der Waals surface area contributed by atoms with Crippen LogP contribution in [0, 0.1) is 5.92 Å². The van der Waals surface area contributed by atoms with Gasteiger partial charge in [-0.1, -0.05) is 62.4 Å². The van der Waals surface area contributed by atoms with Gasteiger partial charge in [0, 0.05) is 13.1 Å². The lowest BCUT2D eigenvalue weighted by Gasteiger charge is -2.32. The molecule has 236 valence electrons. The smallest absolute Gasteiger partial charge is 0.264 e. The fourth-order valence-electron chi connectivity index (χ4n) is 4.52. The number of amides is 2. The van der Waals surface area contributed by atoms with Gasteiger partial charge in [-0.15, -0.1) is 0 Å². The van der Waals surface area contributed by atoms with Gasteiger partial charge in [-0.25, -0.2) is 8.42 Å². The minimum absolute atomic E-state index is 0.0341. The Labute approximate surface area is 265 Å². The Bertz CT molecular complexity index is 1650.